The van der Waals surface area contributed by atoms with Gasteiger partial charge in [0.15, 0.2) is 5.11 Å². The molecule has 0 radical (unpaired) electrons. The third kappa shape index (κ3) is 5.68. The van der Waals surface area contributed by atoms with Crippen molar-refractivity contribution in [2.45, 2.75) is 26.3 Å². The molecular weight excluding hydrogens is 480 g/mol. The molecule has 7 nitrogen and oxygen atoms in total. The highest BCUT2D eigenvalue weighted by atomic mass is 79.9. The molecule has 1 fully saturated rings. The molecule has 3 amide bonds. The molecule has 3 rings (SSSR count). The number of thiocarbonyl (C=S) groups is 1. The largest absolute Gasteiger partial charge is 0.355 e. The number of carbonyl (C=O) groups is 3. The summed E-state index contributed by atoms with van der Waals surface area (Å²) in [5, 5.41) is 5.85. The van der Waals surface area contributed by atoms with Crippen LogP contribution in [0.4, 0.5) is 11.4 Å². The van der Waals surface area contributed by atoms with Crippen LogP contribution in [0.1, 0.15) is 18.9 Å². The van der Waals surface area contributed by atoms with Crippen molar-refractivity contribution in [3.63, 3.8) is 0 Å². The maximum atomic E-state index is 13.3. The van der Waals surface area contributed by atoms with E-state index < -0.39 is 6.04 Å². The summed E-state index contributed by atoms with van der Waals surface area (Å²) in [7, 11) is 0. The van der Waals surface area contributed by atoms with Gasteiger partial charge in [0.2, 0.25) is 11.8 Å². The lowest BCUT2D eigenvalue weighted by Gasteiger charge is -2.24. The third-order valence-corrected chi connectivity index (χ3v) is 5.79. The lowest BCUT2D eigenvalue weighted by Crippen LogP contribution is -2.42. The van der Waals surface area contributed by atoms with Crippen molar-refractivity contribution < 1.29 is 14.4 Å². The minimum Gasteiger partial charge on any atom is -0.355 e. The smallest absolute Gasteiger partial charge is 0.256 e. The van der Waals surface area contributed by atoms with Crippen molar-refractivity contribution in [2.24, 2.45) is 0 Å². The van der Waals surface area contributed by atoms with Gasteiger partial charge in [-0.05, 0) is 55.5 Å². The van der Waals surface area contributed by atoms with Crippen LogP contribution in [0.25, 0.3) is 0 Å². The fourth-order valence-corrected chi connectivity index (χ4v) is 3.97. The molecule has 0 spiro atoms. The first-order valence-electron chi connectivity index (χ1n) is 9.77. The summed E-state index contributed by atoms with van der Waals surface area (Å²) in [6.45, 7) is 4.02. The Labute approximate surface area is 194 Å². The van der Waals surface area contributed by atoms with Crippen molar-refractivity contribution in [1.29, 1.82) is 0 Å². The molecule has 1 aliphatic rings. The number of benzene rings is 2. The minimum atomic E-state index is -0.752. The van der Waals surface area contributed by atoms with Gasteiger partial charge in [-0.2, -0.15) is 0 Å². The van der Waals surface area contributed by atoms with E-state index in [9.17, 15) is 14.4 Å². The van der Waals surface area contributed by atoms with Crippen molar-refractivity contribution >= 4 is 62.4 Å². The fraction of sp³-hybridized carbons (Fsp3) is 0.273. The molecule has 0 saturated carbocycles. The first kappa shape index (κ1) is 22.9. The second-order valence-electron chi connectivity index (χ2n) is 7.24. The van der Waals surface area contributed by atoms with E-state index in [1.165, 1.54) is 11.8 Å². The Balaban J connectivity index is 1.79. The Bertz CT molecular complexity index is 995. The van der Waals surface area contributed by atoms with E-state index in [-0.39, 0.29) is 24.1 Å². The lowest BCUT2D eigenvalue weighted by molar-refractivity contribution is -0.124. The zero-order valence-electron chi connectivity index (χ0n) is 17.2. The van der Waals surface area contributed by atoms with Crippen LogP contribution >= 0.6 is 28.1 Å². The molecule has 162 valence electrons. The van der Waals surface area contributed by atoms with E-state index in [0.29, 0.717) is 29.6 Å². The highest BCUT2D eigenvalue weighted by molar-refractivity contribution is 9.10. The van der Waals surface area contributed by atoms with Gasteiger partial charge in [-0.1, -0.05) is 33.6 Å². The molecule has 1 aliphatic heterocycles. The SMILES string of the molecule is CC(=O)NCCN1C(=S)N(c2ccc(C)cc2)C(=O)[C@H]1CC(=O)Nc1ccc(Br)cc1. The van der Waals surface area contributed by atoms with Gasteiger partial charge in [-0.15, -0.1) is 0 Å². The molecule has 1 heterocycles. The highest BCUT2D eigenvalue weighted by Crippen LogP contribution is 2.27. The van der Waals surface area contributed by atoms with Gasteiger partial charge in [0, 0.05) is 30.2 Å². The number of hydrogen-bond donors (Lipinski definition) is 2. The quantitative estimate of drug-likeness (QED) is 0.568. The monoisotopic (exact) mass is 502 g/mol. The number of nitrogens with zero attached hydrogens (tertiary/aromatic N) is 2. The van der Waals surface area contributed by atoms with Gasteiger partial charge in [0.05, 0.1) is 12.1 Å². The average molecular weight is 503 g/mol. The van der Waals surface area contributed by atoms with E-state index >= 15 is 0 Å². The maximum absolute atomic E-state index is 13.3. The van der Waals surface area contributed by atoms with Gasteiger partial charge in [-0.3, -0.25) is 19.3 Å². The van der Waals surface area contributed by atoms with Crippen LogP contribution < -0.4 is 15.5 Å². The number of anilines is 2. The molecule has 2 aromatic carbocycles. The lowest BCUT2D eigenvalue weighted by atomic mass is 10.1. The second kappa shape index (κ2) is 10.0. The van der Waals surface area contributed by atoms with Gasteiger partial charge in [0.1, 0.15) is 6.04 Å². The predicted octanol–water partition coefficient (Wildman–Crippen LogP) is 3.22. The Morgan fingerprint density at radius 3 is 2.35 bits per heavy atom. The molecule has 1 saturated heterocycles. The van der Waals surface area contributed by atoms with Crippen LogP contribution in [0.15, 0.2) is 53.0 Å². The van der Waals surface area contributed by atoms with E-state index in [1.807, 2.05) is 43.3 Å². The summed E-state index contributed by atoms with van der Waals surface area (Å²) < 4.78 is 0.903. The Morgan fingerprint density at radius 1 is 1.10 bits per heavy atom. The van der Waals surface area contributed by atoms with Crippen LogP contribution in [0, 0.1) is 6.92 Å². The normalized spacial score (nSPS) is 15.9. The van der Waals surface area contributed by atoms with Crippen LogP contribution in [0.2, 0.25) is 0 Å². The van der Waals surface area contributed by atoms with Crippen molar-refractivity contribution in [3.05, 3.63) is 58.6 Å². The van der Waals surface area contributed by atoms with Crippen LogP contribution in [-0.2, 0) is 14.4 Å². The highest BCUT2D eigenvalue weighted by Gasteiger charge is 2.43. The number of nitrogens with one attached hydrogen (secondary N) is 2. The molecule has 0 unspecified atom stereocenters. The summed E-state index contributed by atoms with van der Waals surface area (Å²) in [5.41, 5.74) is 2.36. The predicted molar refractivity (Wildman–Crippen MR) is 128 cm³/mol. The molecule has 0 aliphatic carbocycles. The number of amides is 3. The third-order valence-electron chi connectivity index (χ3n) is 4.84. The van der Waals surface area contributed by atoms with Crippen molar-refractivity contribution in [1.82, 2.24) is 10.2 Å². The fourth-order valence-electron chi connectivity index (χ4n) is 3.29. The summed E-state index contributed by atoms with van der Waals surface area (Å²) in [4.78, 5) is 40.4. The Hall–Kier alpha value is -2.78. The topological polar surface area (TPSA) is 81.8 Å². The first-order valence-corrected chi connectivity index (χ1v) is 11.0. The summed E-state index contributed by atoms with van der Waals surface area (Å²) in [5.74, 6) is -0.724. The zero-order valence-corrected chi connectivity index (χ0v) is 19.6. The molecular formula is C22H23BrN4O3S. The van der Waals surface area contributed by atoms with E-state index in [0.717, 1.165) is 10.0 Å². The maximum Gasteiger partial charge on any atom is 0.256 e. The molecule has 0 aromatic heterocycles. The average Bonchev–Trinajstić information content (AvgIpc) is 2.94. The van der Waals surface area contributed by atoms with E-state index in [1.54, 1.807) is 17.0 Å². The van der Waals surface area contributed by atoms with Crippen molar-refractivity contribution in [3.8, 4) is 0 Å². The van der Waals surface area contributed by atoms with E-state index in [2.05, 4.69) is 26.6 Å². The molecule has 2 N–H and O–H groups in total. The summed E-state index contributed by atoms with van der Waals surface area (Å²) in [6.07, 6.45) is -0.0581. The van der Waals surface area contributed by atoms with Gasteiger partial charge < -0.3 is 15.5 Å². The summed E-state index contributed by atoms with van der Waals surface area (Å²) in [6, 6.07) is 13.9. The number of rotatable bonds is 7. The number of carbonyl (C=O) groups excluding carboxylic acids is 3. The van der Waals surface area contributed by atoms with Crippen LogP contribution in [-0.4, -0.2) is 46.9 Å². The number of aryl methyl sites for hydroxylation is 1. The van der Waals surface area contributed by atoms with Gasteiger partial charge >= 0.3 is 0 Å². The van der Waals surface area contributed by atoms with Crippen LogP contribution in [0.3, 0.4) is 0 Å². The second-order valence-corrected chi connectivity index (χ2v) is 8.52. The molecule has 1 atom stereocenters. The Kier molecular flexibility index (Phi) is 7.40. The first-order chi connectivity index (χ1) is 14.8. The molecule has 2 aromatic rings. The van der Waals surface area contributed by atoms with Crippen LogP contribution in [0.5, 0.6) is 0 Å². The number of hydrogen-bond acceptors (Lipinski definition) is 4. The molecule has 9 heteroatoms. The molecule has 31 heavy (non-hydrogen) atoms. The zero-order chi connectivity index (χ0) is 22.5. The molecule has 0 bridgehead atoms. The van der Waals surface area contributed by atoms with E-state index in [4.69, 9.17) is 12.2 Å². The number of halogens is 1. The Morgan fingerprint density at radius 2 is 1.74 bits per heavy atom. The minimum absolute atomic E-state index is 0.0581. The van der Waals surface area contributed by atoms with Gasteiger partial charge in [-0.25, -0.2) is 0 Å². The standard InChI is InChI=1S/C22H23BrN4O3S/c1-14-3-9-18(10-4-14)27-21(30)19(26(22(27)31)12-11-24-15(2)28)13-20(29)25-17-7-5-16(23)6-8-17/h3-10,19H,11-13H2,1-2H3,(H,24,28)(H,25,29)/t19-/m1/s1. The van der Waals surface area contributed by atoms with Gasteiger partial charge in [0.25, 0.3) is 5.91 Å². The van der Waals surface area contributed by atoms with Crippen molar-refractivity contribution in [2.75, 3.05) is 23.3 Å². The summed E-state index contributed by atoms with van der Waals surface area (Å²) >= 11 is 8.95.